The first-order chi connectivity index (χ1) is 19.1. The van der Waals surface area contributed by atoms with Crippen LogP contribution in [0.15, 0.2) is 64.6 Å². The number of rotatable bonds is 8. The van der Waals surface area contributed by atoms with Crippen molar-refractivity contribution in [2.24, 2.45) is 0 Å². The number of nitrogens with zero attached hydrogens (tertiary/aromatic N) is 1. The Labute approximate surface area is 243 Å². The maximum Gasteiger partial charge on any atom is 0.335 e. The van der Waals surface area contributed by atoms with E-state index in [-0.39, 0.29) is 29.4 Å². The molecule has 1 aliphatic rings. The summed E-state index contributed by atoms with van der Waals surface area (Å²) in [5.74, 6) is -1.06. The average Bonchev–Trinajstić information content (AvgIpc) is 2.92. The Morgan fingerprint density at radius 1 is 1.05 bits per heavy atom. The fourth-order valence-corrected chi connectivity index (χ4v) is 4.51. The highest BCUT2D eigenvalue weighted by atomic mass is 79.9. The molecule has 10 nitrogen and oxygen atoms in total. The lowest BCUT2D eigenvalue weighted by molar-refractivity contribution is -0.122. The fourth-order valence-electron chi connectivity index (χ4n) is 3.76. The molecule has 0 bridgehead atoms. The number of barbiturate groups is 1. The highest BCUT2D eigenvalue weighted by Crippen LogP contribution is 2.37. The van der Waals surface area contributed by atoms with Crippen LogP contribution in [0.4, 0.5) is 16.2 Å². The van der Waals surface area contributed by atoms with E-state index in [4.69, 9.17) is 25.8 Å². The van der Waals surface area contributed by atoms with E-state index in [1.54, 1.807) is 36.4 Å². The molecule has 1 saturated heterocycles. The molecule has 12 heteroatoms. The molecule has 0 aromatic heterocycles. The second kappa shape index (κ2) is 12.2. The van der Waals surface area contributed by atoms with Gasteiger partial charge >= 0.3 is 6.03 Å². The molecular formula is C28H23BrClN3O7. The van der Waals surface area contributed by atoms with Gasteiger partial charge in [-0.1, -0.05) is 17.7 Å². The molecule has 0 aliphatic carbocycles. The Balaban J connectivity index is 1.54. The Kier molecular flexibility index (Phi) is 8.76. The van der Waals surface area contributed by atoms with Crippen molar-refractivity contribution in [2.75, 3.05) is 31.0 Å². The summed E-state index contributed by atoms with van der Waals surface area (Å²) in [4.78, 5) is 51.6. The van der Waals surface area contributed by atoms with E-state index in [0.29, 0.717) is 26.5 Å². The molecule has 0 spiro atoms. The molecule has 3 aromatic rings. The minimum atomic E-state index is -0.869. The Morgan fingerprint density at radius 2 is 1.77 bits per heavy atom. The minimum Gasteiger partial charge on any atom is -0.497 e. The number of carbonyl (C=O) groups excluding carboxylic acids is 4. The summed E-state index contributed by atoms with van der Waals surface area (Å²) in [6, 6.07) is 13.6. The van der Waals surface area contributed by atoms with Crippen LogP contribution >= 0.6 is 27.5 Å². The Hall–Kier alpha value is -4.35. The minimum absolute atomic E-state index is 0.233. The van der Waals surface area contributed by atoms with E-state index in [2.05, 4.69) is 26.6 Å². The van der Waals surface area contributed by atoms with Gasteiger partial charge in [0.1, 0.15) is 11.3 Å². The van der Waals surface area contributed by atoms with Crippen molar-refractivity contribution >= 4 is 68.7 Å². The van der Waals surface area contributed by atoms with Crippen molar-refractivity contribution in [3.05, 3.63) is 80.8 Å². The standard InChI is InChI=1S/C28H23BrClN3O7/c1-15-4-5-17(13-22(15)30)31-24(34)14-40-25-21(29)11-16(12-23(25)39-3)10-20-26(35)32-28(37)33(27(20)36)18-6-8-19(38-2)9-7-18/h4-13H,14H2,1-3H3,(H,31,34)(H,32,35,37)/b20-10+. The number of amides is 5. The third-order valence-corrected chi connectivity index (χ3v) is 6.79. The lowest BCUT2D eigenvalue weighted by Crippen LogP contribution is -2.54. The summed E-state index contributed by atoms with van der Waals surface area (Å²) in [6.45, 7) is 1.52. The molecule has 0 saturated carbocycles. The van der Waals surface area contributed by atoms with Gasteiger partial charge in [-0.25, -0.2) is 9.69 Å². The predicted octanol–water partition coefficient (Wildman–Crippen LogP) is 5.11. The number of ether oxygens (including phenoxy) is 3. The van der Waals surface area contributed by atoms with Gasteiger partial charge in [-0.05, 0) is 88.6 Å². The van der Waals surface area contributed by atoms with Gasteiger partial charge in [-0.15, -0.1) is 0 Å². The number of methoxy groups -OCH3 is 2. The summed E-state index contributed by atoms with van der Waals surface area (Å²) in [5.41, 5.74) is 1.80. The lowest BCUT2D eigenvalue weighted by Gasteiger charge is -2.26. The van der Waals surface area contributed by atoms with Gasteiger partial charge in [0.2, 0.25) is 0 Å². The Morgan fingerprint density at radius 3 is 2.42 bits per heavy atom. The van der Waals surface area contributed by atoms with Crippen molar-refractivity contribution in [3.8, 4) is 17.2 Å². The molecular weight excluding hydrogens is 606 g/mol. The van der Waals surface area contributed by atoms with Crippen LogP contribution in [0.5, 0.6) is 17.2 Å². The van der Waals surface area contributed by atoms with Crippen molar-refractivity contribution in [1.29, 1.82) is 0 Å². The zero-order chi connectivity index (χ0) is 29.0. The molecule has 1 fully saturated rings. The maximum atomic E-state index is 13.2. The number of urea groups is 1. The molecule has 0 radical (unpaired) electrons. The molecule has 0 unspecified atom stereocenters. The highest BCUT2D eigenvalue weighted by Gasteiger charge is 2.37. The summed E-state index contributed by atoms with van der Waals surface area (Å²) in [5, 5.41) is 5.41. The van der Waals surface area contributed by atoms with Gasteiger partial charge in [0.05, 0.1) is 24.4 Å². The van der Waals surface area contributed by atoms with Crippen LogP contribution in [0, 0.1) is 6.92 Å². The summed E-state index contributed by atoms with van der Waals surface area (Å²) >= 11 is 9.51. The van der Waals surface area contributed by atoms with Gasteiger partial charge in [-0.2, -0.15) is 0 Å². The fraction of sp³-hybridized carbons (Fsp3) is 0.143. The van der Waals surface area contributed by atoms with E-state index in [1.807, 2.05) is 6.92 Å². The number of benzene rings is 3. The van der Waals surface area contributed by atoms with E-state index in [9.17, 15) is 19.2 Å². The van der Waals surface area contributed by atoms with Gasteiger partial charge in [0, 0.05) is 10.7 Å². The average molecular weight is 629 g/mol. The molecule has 4 rings (SSSR count). The number of nitrogens with one attached hydrogen (secondary N) is 2. The van der Waals surface area contributed by atoms with Crippen LogP contribution in [0.1, 0.15) is 11.1 Å². The molecule has 3 aromatic carbocycles. The normalized spacial score (nSPS) is 14.2. The highest BCUT2D eigenvalue weighted by molar-refractivity contribution is 9.10. The van der Waals surface area contributed by atoms with Crippen LogP contribution in [-0.4, -0.2) is 44.6 Å². The molecule has 40 heavy (non-hydrogen) atoms. The van der Waals surface area contributed by atoms with Crippen molar-refractivity contribution in [3.63, 3.8) is 0 Å². The van der Waals surface area contributed by atoms with Crippen LogP contribution in [0.3, 0.4) is 0 Å². The second-order valence-corrected chi connectivity index (χ2v) is 9.75. The van der Waals surface area contributed by atoms with Gasteiger partial charge < -0.3 is 19.5 Å². The first kappa shape index (κ1) is 28.7. The molecule has 206 valence electrons. The number of halogens is 2. The first-order valence-corrected chi connectivity index (χ1v) is 12.9. The zero-order valence-electron chi connectivity index (χ0n) is 21.5. The van der Waals surface area contributed by atoms with Crippen molar-refractivity contribution < 1.29 is 33.4 Å². The monoisotopic (exact) mass is 627 g/mol. The molecule has 1 aliphatic heterocycles. The zero-order valence-corrected chi connectivity index (χ0v) is 23.9. The topological polar surface area (TPSA) is 123 Å². The number of imide groups is 2. The van der Waals surface area contributed by atoms with E-state index < -0.39 is 23.8 Å². The number of hydrogen-bond acceptors (Lipinski definition) is 7. The van der Waals surface area contributed by atoms with Gasteiger partial charge in [0.15, 0.2) is 18.1 Å². The van der Waals surface area contributed by atoms with E-state index in [1.165, 1.54) is 38.5 Å². The predicted molar refractivity (Wildman–Crippen MR) is 153 cm³/mol. The maximum absolute atomic E-state index is 13.2. The van der Waals surface area contributed by atoms with E-state index >= 15 is 0 Å². The summed E-state index contributed by atoms with van der Waals surface area (Å²) in [6.07, 6.45) is 1.32. The van der Waals surface area contributed by atoms with E-state index in [0.717, 1.165) is 10.5 Å². The van der Waals surface area contributed by atoms with Crippen LogP contribution in [-0.2, 0) is 14.4 Å². The number of hydrogen-bond donors (Lipinski definition) is 2. The van der Waals surface area contributed by atoms with Gasteiger partial charge in [0.25, 0.3) is 17.7 Å². The largest absolute Gasteiger partial charge is 0.497 e. The third kappa shape index (κ3) is 6.27. The Bertz CT molecular complexity index is 1540. The summed E-state index contributed by atoms with van der Waals surface area (Å²) < 4.78 is 16.6. The van der Waals surface area contributed by atoms with Crippen LogP contribution in [0.25, 0.3) is 6.08 Å². The van der Waals surface area contributed by atoms with Crippen molar-refractivity contribution in [1.82, 2.24) is 5.32 Å². The number of carbonyl (C=O) groups is 4. The smallest absolute Gasteiger partial charge is 0.335 e. The number of aryl methyl sites for hydroxylation is 1. The summed E-state index contributed by atoms with van der Waals surface area (Å²) in [7, 11) is 2.90. The SMILES string of the molecule is COc1ccc(N2C(=O)NC(=O)/C(=C\c3cc(Br)c(OCC(=O)Nc4ccc(C)c(Cl)c4)c(OC)c3)C2=O)cc1. The molecule has 5 amide bonds. The van der Waals surface area contributed by atoms with Crippen molar-refractivity contribution in [2.45, 2.75) is 6.92 Å². The molecule has 1 heterocycles. The van der Waals surface area contributed by atoms with Gasteiger partial charge in [-0.3, -0.25) is 19.7 Å². The quantitative estimate of drug-likeness (QED) is 0.263. The lowest BCUT2D eigenvalue weighted by atomic mass is 10.1. The molecule has 0 atom stereocenters. The van der Waals surface area contributed by atoms with Crippen LogP contribution < -0.4 is 29.7 Å². The van der Waals surface area contributed by atoms with Crippen LogP contribution in [0.2, 0.25) is 5.02 Å². The molecule has 2 N–H and O–H groups in total. The third-order valence-electron chi connectivity index (χ3n) is 5.80. The number of anilines is 2. The first-order valence-electron chi connectivity index (χ1n) is 11.7. The second-order valence-electron chi connectivity index (χ2n) is 8.49.